The maximum absolute atomic E-state index is 12.9. The van der Waals surface area contributed by atoms with Gasteiger partial charge < -0.3 is 10.6 Å². The Morgan fingerprint density at radius 3 is 2.27 bits per heavy atom. The molecule has 2 aromatic rings. The van der Waals surface area contributed by atoms with E-state index < -0.39 is 16.2 Å². The molecule has 158 valence electrons. The van der Waals surface area contributed by atoms with Crippen molar-refractivity contribution in [2.45, 2.75) is 35.6 Å². The summed E-state index contributed by atoms with van der Waals surface area (Å²) in [7, 11) is 0. The molecule has 0 aromatic heterocycles. The quantitative estimate of drug-likeness (QED) is 0.458. The number of benzene rings is 2. The van der Waals surface area contributed by atoms with Gasteiger partial charge in [-0.3, -0.25) is 9.59 Å². The summed E-state index contributed by atoms with van der Waals surface area (Å²) in [6.45, 7) is 0. The fourth-order valence-electron chi connectivity index (χ4n) is 3.59. The van der Waals surface area contributed by atoms with Gasteiger partial charge in [-0.25, -0.2) is 0 Å². The molecule has 30 heavy (non-hydrogen) atoms. The molecule has 2 N–H and O–H groups in total. The second kappa shape index (κ2) is 8.40. The average molecular weight is 507 g/mol. The van der Waals surface area contributed by atoms with E-state index in [-0.39, 0.29) is 17.9 Å². The van der Waals surface area contributed by atoms with E-state index in [9.17, 15) is 9.59 Å². The number of hydrogen-bond acceptors (Lipinski definition) is 2. The largest absolute Gasteiger partial charge is 0.349 e. The Labute approximate surface area is 199 Å². The minimum Gasteiger partial charge on any atom is -0.349 e. The van der Waals surface area contributed by atoms with E-state index in [4.69, 9.17) is 58.0 Å². The van der Waals surface area contributed by atoms with Crippen LogP contribution in [0.1, 0.15) is 41.1 Å². The molecular formula is C21H17Cl5N2O2. The Bertz CT molecular complexity index is 1020. The van der Waals surface area contributed by atoms with Crippen molar-refractivity contribution in [2.75, 3.05) is 5.32 Å². The van der Waals surface area contributed by atoms with Crippen molar-refractivity contribution in [3.63, 3.8) is 0 Å². The smallest absolute Gasteiger partial charge is 0.253 e. The molecule has 2 aliphatic carbocycles. The van der Waals surface area contributed by atoms with Gasteiger partial charge in [0.15, 0.2) is 0 Å². The van der Waals surface area contributed by atoms with Crippen LogP contribution >= 0.6 is 58.0 Å². The van der Waals surface area contributed by atoms with Crippen molar-refractivity contribution in [1.82, 2.24) is 5.32 Å². The van der Waals surface area contributed by atoms with Gasteiger partial charge in [0.1, 0.15) is 4.33 Å². The van der Waals surface area contributed by atoms with Crippen LogP contribution < -0.4 is 10.6 Å². The lowest BCUT2D eigenvalue weighted by Gasteiger charge is -2.26. The van der Waals surface area contributed by atoms with Gasteiger partial charge in [0.05, 0.1) is 26.5 Å². The van der Waals surface area contributed by atoms with Gasteiger partial charge >= 0.3 is 0 Å². The van der Waals surface area contributed by atoms with E-state index in [0.29, 0.717) is 26.3 Å². The lowest BCUT2D eigenvalue weighted by atomic mass is 9.93. The predicted molar refractivity (Wildman–Crippen MR) is 122 cm³/mol. The van der Waals surface area contributed by atoms with Crippen molar-refractivity contribution in [1.29, 1.82) is 0 Å². The zero-order chi connectivity index (χ0) is 21.6. The molecule has 0 radical (unpaired) electrons. The van der Waals surface area contributed by atoms with Crippen LogP contribution in [0.5, 0.6) is 0 Å². The summed E-state index contributed by atoms with van der Waals surface area (Å²) in [5.74, 6) is -1.72. The third-order valence-electron chi connectivity index (χ3n) is 5.56. The second-order valence-corrected chi connectivity index (χ2v) is 10.3. The summed E-state index contributed by atoms with van der Waals surface area (Å²) in [4.78, 5) is 25.3. The minimum atomic E-state index is -1.27. The van der Waals surface area contributed by atoms with E-state index in [1.54, 1.807) is 36.4 Å². The first kappa shape index (κ1) is 22.0. The van der Waals surface area contributed by atoms with Gasteiger partial charge in [0.25, 0.3) is 5.91 Å². The van der Waals surface area contributed by atoms with Gasteiger partial charge in [0.2, 0.25) is 5.91 Å². The number of halogens is 5. The normalized spacial score (nSPS) is 22.2. The van der Waals surface area contributed by atoms with E-state index in [0.717, 1.165) is 24.8 Å². The molecule has 0 unspecified atom stereocenters. The van der Waals surface area contributed by atoms with Gasteiger partial charge in [-0.05, 0) is 55.2 Å². The molecule has 2 fully saturated rings. The lowest BCUT2D eigenvalue weighted by Crippen LogP contribution is -2.39. The number of hydrogen-bond donors (Lipinski definition) is 2. The molecular weight excluding hydrogens is 490 g/mol. The monoisotopic (exact) mass is 504 g/mol. The highest BCUT2D eigenvalue weighted by molar-refractivity contribution is 6.53. The molecule has 9 heteroatoms. The van der Waals surface area contributed by atoms with Gasteiger partial charge in [-0.1, -0.05) is 40.9 Å². The van der Waals surface area contributed by atoms with Crippen molar-refractivity contribution in [3.8, 4) is 0 Å². The maximum atomic E-state index is 12.9. The molecule has 0 saturated heterocycles. The van der Waals surface area contributed by atoms with E-state index in [2.05, 4.69) is 10.6 Å². The van der Waals surface area contributed by atoms with Crippen molar-refractivity contribution in [2.24, 2.45) is 5.92 Å². The summed E-state index contributed by atoms with van der Waals surface area (Å²) >= 11 is 31.0. The number of anilines is 1. The fourth-order valence-corrected chi connectivity index (χ4v) is 4.92. The predicted octanol–water partition coefficient (Wildman–Crippen LogP) is 6.46. The van der Waals surface area contributed by atoms with Crippen molar-refractivity contribution < 1.29 is 9.59 Å². The fraction of sp³-hybridized carbons (Fsp3) is 0.333. The molecule has 0 aliphatic heterocycles. The van der Waals surface area contributed by atoms with Crippen LogP contribution in [0.15, 0.2) is 36.4 Å². The van der Waals surface area contributed by atoms with Crippen LogP contribution in [-0.4, -0.2) is 22.2 Å². The Balaban J connectivity index is 1.49. The third-order valence-corrected chi connectivity index (χ3v) is 7.57. The molecule has 4 rings (SSSR count). The lowest BCUT2D eigenvalue weighted by molar-refractivity contribution is -0.117. The van der Waals surface area contributed by atoms with Crippen LogP contribution in [0, 0.1) is 5.92 Å². The Morgan fingerprint density at radius 2 is 1.63 bits per heavy atom. The summed E-state index contributed by atoms with van der Waals surface area (Å²) in [5.41, 5.74) is 1.47. The van der Waals surface area contributed by atoms with Crippen LogP contribution in [0.2, 0.25) is 15.1 Å². The molecule has 2 atom stereocenters. The molecule has 2 aliphatic rings. The standard InChI is InChI=1S/C21H17Cl5N2O2/c22-14-7-5-12(9-13(14)19(29)27-11-2-1-3-11)28-20(30)18-17(21(18,25)26)10-4-6-15(23)16(24)8-10/h4-9,11,17-18H,1-3H2,(H,27,29)(H,28,30)/t17-,18+/m1/s1. The van der Waals surface area contributed by atoms with Crippen molar-refractivity contribution >= 4 is 75.5 Å². The maximum Gasteiger partial charge on any atom is 0.253 e. The average Bonchev–Trinajstić information content (AvgIpc) is 3.24. The zero-order valence-electron chi connectivity index (χ0n) is 15.5. The van der Waals surface area contributed by atoms with Crippen molar-refractivity contribution in [3.05, 3.63) is 62.6 Å². The molecule has 2 saturated carbocycles. The second-order valence-electron chi connectivity index (χ2n) is 7.59. The first-order chi connectivity index (χ1) is 14.2. The highest BCUT2D eigenvalue weighted by Crippen LogP contribution is 2.65. The summed E-state index contributed by atoms with van der Waals surface area (Å²) in [6, 6.07) is 9.98. The van der Waals surface area contributed by atoms with Crippen LogP contribution in [0.3, 0.4) is 0 Å². The molecule has 2 amide bonds. The number of amides is 2. The van der Waals surface area contributed by atoms with Crippen LogP contribution in [0.4, 0.5) is 5.69 Å². The Hall–Kier alpha value is -1.17. The number of alkyl halides is 2. The highest BCUT2D eigenvalue weighted by atomic mass is 35.5. The SMILES string of the molecule is O=C(NC1CCC1)c1cc(NC(=O)[C@@H]2[C@@H](c3ccc(Cl)c(Cl)c3)C2(Cl)Cl)ccc1Cl. The zero-order valence-corrected chi connectivity index (χ0v) is 19.3. The highest BCUT2D eigenvalue weighted by Gasteiger charge is 2.67. The Morgan fingerprint density at radius 1 is 0.933 bits per heavy atom. The summed E-state index contributed by atoms with van der Waals surface area (Å²) in [6.07, 6.45) is 3.03. The van der Waals surface area contributed by atoms with E-state index in [1.165, 1.54) is 0 Å². The molecule has 0 heterocycles. The molecule has 0 bridgehead atoms. The van der Waals surface area contributed by atoms with Crippen LogP contribution in [-0.2, 0) is 4.79 Å². The Kier molecular flexibility index (Phi) is 6.17. The van der Waals surface area contributed by atoms with E-state index in [1.807, 2.05) is 0 Å². The summed E-state index contributed by atoms with van der Waals surface area (Å²) < 4.78 is -1.27. The molecule has 2 aromatic carbocycles. The first-order valence-corrected chi connectivity index (χ1v) is 11.3. The number of carbonyl (C=O) groups excluding carboxylic acids is 2. The van der Waals surface area contributed by atoms with Crippen LogP contribution in [0.25, 0.3) is 0 Å². The van der Waals surface area contributed by atoms with Gasteiger partial charge in [0, 0.05) is 17.6 Å². The van der Waals surface area contributed by atoms with E-state index >= 15 is 0 Å². The number of rotatable bonds is 5. The van der Waals surface area contributed by atoms with Gasteiger partial charge in [-0.15, -0.1) is 23.2 Å². The number of carbonyl (C=O) groups is 2. The molecule has 0 spiro atoms. The third kappa shape index (κ3) is 4.26. The van der Waals surface area contributed by atoms with Gasteiger partial charge in [-0.2, -0.15) is 0 Å². The summed E-state index contributed by atoms with van der Waals surface area (Å²) in [5, 5.41) is 6.81. The minimum absolute atomic E-state index is 0.179. The molecule has 4 nitrogen and oxygen atoms in total. The topological polar surface area (TPSA) is 58.2 Å². The first-order valence-electron chi connectivity index (χ1n) is 9.42. The number of nitrogens with one attached hydrogen (secondary N) is 2.